The highest BCUT2D eigenvalue weighted by Crippen LogP contribution is 2.44. The number of benzene rings is 7. The second-order valence-corrected chi connectivity index (χ2v) is 14.5. The predicted octanol–water partition coefficient (Wildman–Crippen LogP) is 14.5. The lowest BCUT2D eigenvalue weighted by Gasteiger charge is -2.24. The Bertz CT molecular complexity index is 2870. The van der Waals surface area contributed by atoms with Crippen LogP contribution in [0.25, 0.3) is 88.1 Å². The van der Waals surface area contributed by atoms with Gasteiger partial charge in [0, 0.05) is 32.0 Å². The molecule has 0 fully saturated rings. The van der Waals surface area contributed by atoms with E-state index in [9.17, 15) is 0 Å². The van der Waals surface area contributed by atoms with Gasteiger partial charge in [-0.05, 0) is 103 Å². The Balaban J connectivity index is 1.25. The van der Waals surface area contributed by atoms with Crippen LogP contribution in [0, 0.1) is 6.85 Å². The lowest BCUT2D eigenvalue weighted by molar-refractivity contribution is 0.674. The molecule has 252 valence electrons. The minimum atomic E-state index is -2.37. The van der Waals surface area contributed by atoms with Crippen LogP contribution < -0.4 is 0 Å². The Labute approximate surface area is 309 Å². The number of hydrogen-bond donors (Lipinski definition) is 0. The van der Waals surface area contributed by atoms with Crippen molar-refractivity contribution in [2.45, 2.75) is 46.4 Å². The quantitative estimate of drug-likeness (QED) is 0.164. The molecule has 0 saturated carbocycles. The van der Waals surface area contributed by atoms with E-state index >= 15 is 0 Å². The molecule has 0 radical (unpaired) electrons. The van der Waals surface area contributed by atoms with Gasteiger partial charge in [0.1, 0.15) is 11.2 Å². The standard InChI is InChI=1S/C50H41NO/c1-30(2)43-26-38(35-20-18-34(19-21-35)33-12-7-6-8-13-33)27-44(31(3)4)48(43)45-28-46(51-29-32(45)5)42-17-11-16-40-41-25-24-37-23-22-36-14-9-10-15-39(36)47(37)50(41)52-49(40)42/h6-31H,1-5H3/i5D3. The SMILES string of the molecule is [2H]C([2H])([2H])c1cnc(-c2cccc3c2oc2c3ccc3ccc4ccccc4c32)cc1-c1c(C(C)C)cc(-c2ccc(-c3ccccc3)cc2)cc1C(C)C. The first-order valence-corrected chi connectivity index (χ1v) is 18.2. The van der Waals surface area contributed by atoms with Crippen molar-refractivity contribution < 1.29 is 8.53 Å². The molecule has 0 amide bonds. The van der Waals surface area contributed by atoms with E-state index in [0.29, 0.717) is 11.3 Å². The molecule has 2 nitrogen and oxygen atoms in total. The Hall–Kier alpha value is -5.99. The molecule has 0 aliphatic rings. The van der Waals surface area contributed by atoms with Gasteiger partial charge < -0.3 is 4.42 Å². The second-order valence-electron chi connectivity index (χ2n) is 14.5. The van der Waals surface area contributed by atoms with E-state index in [1.807, 2.05) is 24.3 Å². The van der Waals surface area contributed by atoms with E-state index in [2.05, 4.69) is 143 Å². The van der Waals surface area contributed by atoms with Crippen molar-refractivity contribution in [1.82, 2.24) is 4.98 Å². The fraction of sp³-hybridized carbons (Fsp3) is 0.140. The highest BCUT2D eigenvalue weighted by Gasteiger charge is 2.22. The van der Waals surface area contributed by atoms with Gasteiger partial charge >= 0.3 is 0 Å². The van der Waals surface area contributed by atoms with Crippen LogP contribution in [0.3, 0.4) is 0 Å². The first kappa shape index (κ1) is 28.7. The third-order valence-corrected chi connectivity index (χ3v) is 10.6. The number of furan rings is 1. The van der Waals surface area contributed by atoms with Gasteiger partial charge in [0.05, 0.1) is 5.69 Å². The van der Waals surface area contributed by atoms with E-state index in [1.165, 1.54) is 11.1 Å². The molecule has 0 saturated heterocycles. The van der Waals surface area contributed by atoms with Crippen molar-refractivity contribution in [3.05, 3.63) is 162 Å². The topological polar surface area (TPSA) is 26.0 Å². The van der Waals surface area contributed by atoms with Gasteiger partial charge in [0.25, 0.3) is 0 Å². The molecule has 9 aromatic rings. The lowest BCUT2D eigenvalue weighted by atomic mass is 9.81. The largest absolute Gasteiger partial charge is 0.455 e. The zero-order valence-electron chi connectivity index (χ0n) is 32.9. The Morgan fingerprint density at radius 3 is 1.87 bits per heavy atom. The summed E-state index contributed by atoms with van der Waals surface area (Å²) in [7, 11) is 0. The first-order valence-electron chi connectivity index (χ1n) is 19.7. The molecule has 0 atom stereocenters. The van der Waals surface area contributed by atoms with E-state index in [0.717, 1.165) is 76.9 Å². The van der Waals surface area contributed by atoms with E-state index in [1.54, 1.807) is 6.20 Å². The number of fused-ring (bicyclic) bond motifs is 7. The average Bonchev–Trinajstić information content (AvgIpc) is 3.59. The highest BCUT2D eigenvalue weighted by molar-refractivity contribution is 6.23. The molecule has 0 aliphatic carbocycles. The van der Waals surface area contributed by atoms with Crippen molar-refractivity contribution in [2.24, 2.45) is 0 Å². The fourth-order valence-corrected chi connectivity index (χ4v) is 7.92. The minimum Gasteiger partial charge on any atom is -0.455 e. The van der Waals surface area contributed by atoms with E-state index in [-0.39, 0.29) is 17.4 Å². The summed E-state index contributed by atoms with van der Waals surface area (Å²) in [6.07, 6.45) is 1.56. The number of rotatable bonds is 6. The van der Waals surface area contributed by atoms with Crippen LogP contribution in [0.4, 0.5) is 0 Å². The molecule has 0 unspecified atom stereocenters. The van der Waals surface area contributed by atoms with Crippen molar-refractivity contribution in [3.63, 3.8) is 0 Å². The lowest BCUT2D eigenvalue weighted by Crippen LogP contribution is -2.03. The Morgan fingerprint density at radius 2 is 1.13 bits per heavy atom. The summed E-state index contributed by atoms with van der Waals surface area (Å²) in [6.45, 7) is 6.37. The molecular formula is C50H41NO. The smallest absolute Gasteiger partial charge is 0.144 e. The van der Waals surface area contributed by atoms with Gasteiger partial charge in [-0.15, -0.1) is 0 Å². The van der Waals surface area contributed by atoms with Crippen molar-refractivity contribution >= 4 is 43.5 Å². The summed E-state index contributed by atoms with van der Waals surface area (Å²) in [5.41, 5.74) is 11.8. The molecule has 7 aromatic carbocycles. The minimum absolute atomic E-state index is 0.124. The molecule has 0 N–H and O–H groups in total. The fourth-order valence-electron chi connectivity index (χ4n) is 7.92. The summed E-state index contributed by atoms with van der Waals surface area (Å²) in [5, 5.41) is 6.54. The number of hydrogen-bond acceptors (Lipinski definition) is 2. The first-order chi connectivity index (χ1) is 26.6. The van der Waals surface area contributed by atoms with Crippen LogP contribution in [0.2, 0.25) is 0 Å². The monoisotopic (exact) mass is 674 g/mol. The van der Waals surface area contributed by atoms with Gasteiger partial charge in [-0.1, -0.05) is 149 Å². The predicted molar refractivity (Wildman–Crippen MR) is 221 cm³/mol. The Kier molecular flexibility index (Phi) is 6.98. The third kappa shape index (κ3) is 5.29. The molecule has 2 heterocycles. The maximum absolute atomic E-state index is 8.68. The molecule has 0 bridgehead atoms. The third-order valence-electron chi connectivity index (χ3n) is 10.6. The number of aromatic nitrogens is 1. The summed E-state index contributed by atoms with van der Waals surface area (Å²) in [5.74, 6) is 0.248. The van der Waals surface area contributed by atoms with Crippen molar-refractivity contribution in [2.75, 3.05) is 0 Å². The van der Waals surface area contributed by atoms with Crippen molar-refractivity contribution in [3.8, 4) is 44.6 Å². The van der Waals surface area contributed by atoms with Gasteiger partial charge in [0.2, 0.25) is 0 Å². The van der Waals surface area contributed by atoms with Crippen LogP contribution >= 0.6 is 0 Å². The number of para-hydroxylation sites is 1. The maximum Gasteiger partial charge on any atom is 0.144 e. The summed E-state index contributed by atoms with van der Waals surface area (Å²) in [4.78, 5) is 4.86. The summed E-state index contributed by atoms with van der Waals surface area (Å²) in [6, 6.07) is 48.8. The summed E-state index contributed by atoms with van der Waals surface area (Å²) < 4.78 is 32.9. The van der Waals surface area contributed by atoms with Gasteiger partial charge in [-0.3, -0.25) is 4.98 Å². The van der Waals surface area contributed by atoms with Gasteiger partial charge in [0.15, 0.2) is 0 Å². The van der Waals surface area contributed by atoms with Crippen LogP contribution in [-0.4, -0.2) is 4.98 Å². The van der Waals surface area contributed by atoms with Crippen LogP contribution in [0.5, 0.6) is 0 Å². The van der Waals surface area contributed by atoms with E-state index < -0.39 is 6.85 Å². The molecule has 9 rings (SSSR count). The van der Waals surface area contributed by atoms with Crippen molar-refractivity contribution in [1.29, 1.82) is 0 Å². The van der Waals surface area contributed by atoms with Gasteiger partial charge in [-0.25, -0.2) is 0 Å². The number of aryl methyl sites for hydroxylation is 1. The van der Waals surface area contributed by atoms with Crippen LogP contribution in [0.15, 0.2) is 150 Å². The zero-order chi connectivity index (χ0) is 38.0. The normalized spacial score (nSPS) is 13.0. The van der Waals surface area contributed by atoms with Gasteiger partial charge in [-0.2, -0.15) is 0 Å². The number of nitrogens with zero attached hydrogens (tertiary/aromatic N) is 1. The average molecular weight is 675 g/mol. The highest BCUT2D eigenvalue weighted by atomic mass is 16.3. The number of pyridine rings is 1. The molecule has 52 heavy (non-hydrogen) atoms. The van der Waals surface area contributed by atoms with Crippen LogP contribution in [0.1, 0.15) is 60.3 Å². The molecule has 0 spiro atoms. The molecule has 2 heteroatoms. The molecule has 2 aromatic heterocycles. The van der Waals surface area contributed by atoms with E-state index in [4.69, 9.17) is 13.5 Å². The molecule has 0 aliphatic heterocycles. The second kappa shape index (κ2) is 12.7. The maximum atomic E-state index is 8.68. The zero-order valence-corrected chi connectivity index (χ0v) is 29.9. The summed E-state index contributed by atoms with van der Waals surface area (Å²) >= 11 is 0. The van der Waals surface area contributed by atoms with Crippen LogP contribution in [-0.2, 0) is 0 Å². The molecular weight excluding hydrogens is 631 g/mol. The Morgan fingerprint density at radius 1 is 0.519 bits per heavy atom.